The molecule has 0 spiro atoms. The molecule has 0 bridgehead atoms. The summed E-state index contributed by atoms with van der Waals surface area (Å²) in [6.45, 7) is 18.0. The molecule has 0 aromatic heterocycles. The molecule has 184 valence electrons. The van der Waals surface area contributed by atoms with Crippen molar-refractivity contribution in [3.63, 3.8) is 0 Å². The molecule has 0 aliphatic rings. The van der Waals surface area contributed by atoms with Gasteiger partial charge in [0.25, 0.3) is 0 Å². The average molecular weight is 547 g/mol. The molecule has 0 saturated carbocycles. The first-order valence-corrected chi connectivity index (χ1v) is 11.5. The van der Waals surface area contributed by atoms with Gasteiger partial charge in [0.2, 0.25) is 0 Å². The van der Waals surface area contributed by atoms with E-state index in [-0.39, 0.29) is 47.0 Å². The molecule has 0 aliphatic carbocycles. The average Bonchev–Trinajstić information content (AvgIpc) is 2.62. The van der Waals surface area contributed by atoms with Crippen molar-refractivity contribution < 1.29 is 19.2 Å². The Morgan fingerprint density at radius 1 is 0.516 bits per heavy atom. The summed E-state index contributed by atoms with van der Waals surface area (Å²) < 4.78 is 0. The van der Waals surface area contributed by atoms with Crippen LogP contribution in [0.15, 0.2) is 0 Å². The molecule has 5 heteroatoms. The van der Waals surface area contributed by atoms with Gasteiger partial charge in [-0.25, -0.2) is 0 Å². The first-order valence-electron chi connectivity index (χ1n) is 11.5. The molecule has 0 aliphatic heterocycles. The summed E-state index contributed by atoms with van der Waals surface area (Å²) in [5, 5.41) is 0. The van der Waals surface area contributed by atoms with Crippen LogP contribution in [-0.2, 0) is 0 Å². The van der Waals surface area contributed by atoms with Crippen LogP contribution < -0.4 is 0 Å². The van der Waals surface area contributed by atoms with Crippen molar-refractivity contribution in [1.29, 1.82) is 0 Å². The Morgan fingerprint density at radius 2 is 0.742 bits per heavy atom. The third-order valence-electron chi connectivity index (χ3n) is 3.54. The maximum Gasteiger partial charge on any atom is 0.176 e. The molecule has 4 N–H and O–H groups in total. The standard InChI is InChI=1S/2C8H17.2C5H7O2.Sn/c2*1-3-5-7-8-6-4-2;2*1-4(6)3-5(2)7;/h2*1,3-8H2,2H3;2*3H,1-2H3;/q4*-1;/p+4. The van der Waals surface area contributed by atoms with Gasteiger partial charge in [-0.15, -0.1) is 0 Å². The van der Waals surface area contributed by atoms with Crippen molar-refractivity contribution in [2.24, 2.45) is 0 Å². The molecule has 0 unspecified atom stereocenters. The summed E-state index contributed by atoms with van der Waals surface area (Å²) in [6, 6.07) is 0. The molecule has 0 fully saturated rings. The minimum Gasteiger partial charge on any atom is -0.343 e. The summed E-state index contributed by atoms with van der Waals surface area (Å²) in [5.74, 6) is 0.500. The fourth-order valence-electron chi connectivity index (χ4n) is 2.17. The smallest absolute Gasteiger partial charge is 0.176 e. The van der Waals surface area contributed by atoms with Crippen LogP contribution in [0.5, 0.6) is 0 Å². The van der Waals surface area contributed by atoms with Gasteiger partial charge in [-0.1, -0.05) is 78.1 Å². The van der Waals surface area contributed by atoms with Gasteiger partial charge in [0, 0.05) is 51.6 Å². The zero-order chi connectivity index (χ0) is 24.2. The van der Waals surface area contributed by atoms with E-state index in [2.05, 4.69) is 27.7 Å². The summed E-state index contributed by atoms with van der Waals surface area (Å²) in [5.41, 5.74) is 0. The molecule has 0 heterocycles. The van der Waals surface area contributed by atoms with E-state index in [1.54, 1.807) is 0 Å². The predicted molar refractivity (Wildman–Crippen MR) is 142 cm³/mol. The zero-order valence-corrected chi connectivity index (χ0v) is 24.2. The predicted octanol–water partition coefficient (Wildman–Crippen LogP) is 6.62. The molecule has 0 atom stereocenters. The first kappa shape index (κ1) is 40.6. The quantitative estimate of drug-likeness (QED) is 0.0770. The summed E-state index contributed by atoms with van der Waals surface area (Å²) in [6.07, 6.45) is 18.5. The van der Waals surface area contributed by atoms with Gasteiger partial charge in [0.15, 0.2) is 23.1 Å². The van der Waals surface area contributed by atoms with E-state index < -0.39 is 0 Å². The van der Waals surface area contributed by atoms with Crippen LogP contribution in [-0.4, -0.2) is 66.2 Å². The summed E-state index contributed by atoms with van der Waals surface area (Å²) in [4.78, 5) is 33.6. The first-order chi connectivity index (χ1) is 14.1. The van der Waals surface area contributed by atoms with Gasteiger partial charge in [-0.3, -0.25) is 0 Å². The monoisotopic (exact) mass is 548 g/mol. The van der Waals surface area contributed by atoms with Crippen molar-refractivity contribution in [1.82, 2.24) is 0 Å². The minimum atomic E-state index is 0. The van der Waals surface area contributed by atoms with E-state index in [4.69, 9.17) is 19.2 Å². The van der Waals surface area contributed by atoms with E-state index in [1.165, 1.54) is 105 Å². The molecule has 0 amide bonds. The molecule has 0 rings (SSSR count). The third kappa shape index (κ3) is 73.0. The van der Waals surface area contributed by atoms with Gasteiger partial charge < -0.3 is 33.0 Å². The fourth-order valence-corrected chi connectivity index (χ4v) is 2.17. The number of ketones is 4. The van der Waals surface area contributed by atoms with Gasteiger partial charge >= 0.3 is 0 Å². The van der Waals surface area contributed by atoms with Crippen LogP contribution in [0.2, 0.25) is 0 Å². The van der Waals surface area contributed by atoms with Gasteiger partial charge in [0.1, 0.15) is 0 Å². The normalized spacial score (nSPS) is 8.52. The summed E-state index contributed by atoms with van der Waals surface area (Å²) in [7, 11) is 0. The van der Waals surface area contributed by atoms with Crippen molar-refractivity contribution in [3.8, 4) is 0 Å². The maximum atomic E-state index is 8.40. The van der Waals surface area contributed by atoms with E-state index in [0.717, 1.165) is 12.8 Å². The molecule has 0 saturated heterocycles. The van der Waals surface area contributed by atoms with Crippen LogP contribution in [0, 0.1) is 26.7 Å². The Bertz CT molecular complexity index is 332. The van der Waals surface area contributed by atoms with Crippen molar-refractivity contribution in [3.05, 3.63) is 26.7 Å². The molecule has 4 nitrogen and oxygen atoms in total. The van der Waals surface area contributed by atoms with Gasteiger partial charge in [-0.05, 0) is 0 Å². The molecule has 4 radical (unpaired) electrons. The number of rotatable bonds is 14. The van der Waals surface area contributed by atoms with E-state index in [0.29, 0.717) is 0 Å². The number of hydrogen-bond acceptors (Lipinski definition) is 0. The Morgan fingerprint density at radius 3 is 0.871 bits per heavy atom. The molecule has 31 heavy (non-hydrogen) atoms. The molecule has 0 aromatic rings. The second-order valence-corrected chi connectivity index (χ2v) is 7.39. The SMILES string of the molecule is CC(=[OH+])[CH-]C(C)=[OH+].CC(=[OH+])[CH-]C(C)=[OH+].[CH2-]CCCCCCC.[CH2-]CCCCCCC.[Sn]. The van der Waals surface area contributed by atoms with Gasteiger partial charge in [-0.2, -0.15) is 25.7 Å². The van der Waals surface area contributed by atoms with Crippen LogP contribution in [0.1, 0.15) is 119 Å². The van der Waals surface area contributed by atoms with Gasteiger partial charge in [0.05, 0.1) is 0 Å². The van der Waals surface area contributed by atoms with Crippen molar-refractivity contribution in [2.75, 3.05) is 0 Å². The van der Waals surface area contributed by atoms with Crippen LogP contribution >= 0.6 is 0 Å². The Labute approximate surface area is 211 Å². The van der Waals surface area contributed by atoms with Crippen molar-refractivity contribution >= 4 is 47.0 Å². The molecular formula is C26H52O4Sn. The van der Waals surface area contributed by atoms with Crippen LogP contribution in [0.4, 0.5) is 0 Å². The second-order valence-electron chi connectivity index (χ2n) is 7.39. The summed E-state index contributed by atoms with van der Waals surface area (Å²) >= 11 is 0. The maximum absolute atomic E-state index is 8.40. The Kier molecular flexibility index (Phi) is 47.9. The zero-order valence-electron chi connectivity index (χ0n) is 21.3. The Balaban J connectivity index is -0.0000000961. The van der Waals surface area contributed by atoms with E-state index in [1.807, 2.05) is 0 Å². The largest absolute Gasteiger partial charge is 0.343 e. The topological polar surface area (TPSA) is 85.6 Å². The molecule has 0 aromatic carbocycles. The number of hydrogen-bond donors (Lipinski definition) is 0. The number of unbranched alkanes of at least 4 members (excludes halogenated alkanes) is 10. The fraction of sp³-hybridized carbons (Fsp3) is 0.692. The van der Waals surface area contributed by atoms with E-state index in [9.17, 15) is 0 Å². The van der Waals surface area contributed by atoms with Crippen molar-refractivity contribution in [2.45, 2.75) is 119 Å². The molecular weight excluding hydrogens is 495 g/mol. The second kappa shape index (κ2) is 36.6. The Hall–Kier alpha value is -0.781. The van der Waals surface area contributed by atoms with E-state index >= 15 is 0 Å². The number of carbonyl (C=O) groups excluding carboxylic acids is 4. The third-order valence-corrected chi connectivity index (χ3v) is 3.54. The minimum absolute atomic E-state index is 0. The van der Waals surface area contributed by atoms with Crippen LogP contribution in [0.25, 0.3) is 0 Å². The van der Waals surface area contributed by atoms with Crippen LogP contribution in [0.3, 0.4) is 0 Å².